The Bertz CT molecular complexity index is 1210. The molecule has 146 valence electrons. The number of amides is 2. The number of hydrogen-bond donors (Lipinski definition) is 3. The first-order valence-electron chi connectivity index (χ1n) is 8.88. The van der Waals surface area contributed by atoms with Crippen LogP contribution in [0.25, 0.3) is 22.2 Å². The van der Waals surface area contributed by atoms with E-state index in [2.05, 4.69) is 20.6 Å². The number of carbonyl (C=O) groups excluding carboxylic acids is 2. The highest BCUT2D eigenvalue weighted by Crippen LogP contribution is 2.33. The maximum Gasteiger partial charge on any atom is 0.253 e. The SMILES string of the molecule is Cc1[nH]c2ccccc2c1-c1csc(NC(=O)CNC(=O)c2ccccc2Cl)n1. The summed E-state index contributed by atoms with van der Waals surface area (Å²) in [5, 5.41) is 9.09. The molecule has 0 aliphatic heterocycles. The molecule has 6 nitrogen and oxygen atoms in total. The predicted octanol–water partition coefficient (Wildman–Crippen LogP) is 4.62. The van der Waals surface area contributed by atoms with E-state index in [1.165, 1.54) is 11.3 Å². The fraction of sp³-hybridized carbons (Fsp3) is 0.0952. The van der Waals surface area contributed by atoms with Crippen LogP contribution in [0.1, 0.15) is 16.1 Å². The fourth-order valence-electron chi connectivity index (χ4n) is 3.12. The smallest absolute Gasteiger partial charge is 0.253 e. The van der Waals surface area contributed by atoms with Gasteiger partial charge in [-0.1, -0.05) is 41.9 Å². The molecule has 2 heterocycles. The van der Waals surface area contributed by atoms with Gasteiger partial charge in [-0.05, 0) is 25.1 Å². The summed E-state index contributed by atoms with van der Waals surface area (Å²) in [7, 11) is 0. The monoisotopic (exact) mass is 424 g/mol. The predicted molar refractivity (Wildman–Crippen MR) is 117 cm³/mol. The van der Waals surface area contributed by atoms with Crippen LogP contribution in [0.5, 0.6) is 0 Å². The van der Waals surface area contributed by atoms with Crippen molar-refractivity contribution in [1.82, 2.24) is 15.3 Å². The number of nitrogens with zero attached hydrogens (tertiary/aromatic N) is 1. The molecule has 29 heavy (non-hydrogen) atoms. The number of benzene rings is 2. The van der Waals surface area contributed by atoms with Gasteiger partial charge in [-0.25, -0.2) is 4.98 Å². The number of para-hydroxylation sites is 1. The Morgan fingerprint density at radius 1 is 1.14 bits per heavy atom. The highest BCUT2D eigenvalue weighted by atomic mass is 35.5. The van der Waals surface area contributed by atoms with Crippen LogP contribution in [-0.4, -0.2) is 28.3 Å². The summed E-state index contributed by atoms with van der Waals surface area (Å²) in [6.45, 7) is 1.82. The van der Waals surface area contributed by atoms with E-state index in [9.17, 15) is 9.59 Å². The van der Waals surface area contributed by atoms with Gasteiger partial charge in [0.15, 0.2) is 5.13 Å². The molecule has 0 aliphatic carbocycles. The number of aromatic amines is 1. The number of carbonyl (C=O) groups is 2. The van der Waals surface area contributed by atoms with Crippen LogP contribution >= 0.6 is 22.9 Å². The van der Waals surface area contributed by atoms with Crippen LogP contribution < -0.4 is 10.6 Å². The van der Waals surface area contributed by atoms with Crippen LogP contribution in [-0.2, 0) is 4.79 Å². The molecular formula is C21H17ClN4O2S. The van der Waals surface area contributed by atoms with Gasteiger partial charge in [0, 0.05) is 27.5 Å². The third kappa shape index (κ3) is 4.01. The first kappa shape index (κ1) is 19.2. The molecule has 2 aromatic carbocycles. The normalized spacial score (nSPS) is 10.8. The lowest BCUT2D eigenvalue weighted by Crippen LogP contribution is -2.32. The molecule has 0 radical (unpaired) electrons. The molecular weight excluding hydrogens is 408 g/mol. The Kier molecular flexibility index (Phi) is 5.33. The topological polar surface area (TPSA) is 86.9 Å². The number of thiazole rings is 1. The number of aryl methyl sites for hydroxylation is 1. The molecule has 0 spiro atoms. The number of aromatic nitrogens is 2. The van der Waals surface area contributed by atoms with Crippen molar-refractivity contribution in [2.75, 3.05) is 11.9 Å². The molecule has 0 aliphatic rings. The van der Waals surface area contributed by atoms with E-state index < -0.39 is 5.91 Å². The van der Waals surface area contributed by atoms with E-state index in [4.69, 9.17) is 11.6 Å². The molecule has 4 aromatic rings. The van der Waals surface area contributed by atoms with Crippen molar-refractivity contribution < 1.29 is 9.59 Å². The number of H-pyrrole nitrogens is 1. The van der Waals surface area contributed by atoms with Gasteiger partial charge in [-0.2, -0.15) is 0 Å². The quantitative estimate of drug-likeness (QED) is 0.436. The molecule has 8 heteroatoms. The van der Waals surface area contributed by atoms with Gasteiger partial charge in [0.2, 0.25) is 5.91 Å². The number of halogens is 1. The van der Waals surface area contributed by atoms with Crippen molar-refractivity contribution in [2.45, 2.75) is 6.92 Å². The van der Waals surface area contributed by atoms with Gasteiger partial charge in [0.05, 0.1) is 22.8 Å². The summed E-state index contributed by atoms with van der Waals surface area (Å²) in [5.74, 6) is -0.762. The van der Waals surface area contributed by atoms with E-state index in [0.29, 0.717) is 15.7 Å². The van der Waals surface area contributed by atoms with Gasteiger partial charge in [0.25, 0.3) is 5.91 Å². The van der Waals surface area contributed by atoms with Crippen LogP contribution in [0.2, 0.25) is 5.02 Å². The molecule has 0 saturated heterocycles. The summed E-state index contributed by atoms with van der Waals surface area (Å²) >= 11 is 7.33. The Morgan fingerprint density at radius 2 is 1.90 bits per heavy atom. The van der Waals surface area contributed by atoms with Crippen LogP contribution in [0.4, 0.5) is 5.13 Å². The Hall–Kier alpha value is -3.16. The van der Waals surface area contributed by atoms with Crippen LogP contribution in [0.3, 0.4) is 0 Å². The average molecular weight is 425 g/mol. The highest BCUT2D eigenvalue weighted by Gasteiger charge is 2.15. The summed E-state index contributed by atoms with van der Waals surface area (Å²) in [5.41, 5.74) is 4.19. The minimum atomic E-state index is -0.403. The Balaban J connectivity index is 1.43. The van der Waals surface area contributed by atoms with Crippen molar-refractivity contribution in [1.29, 1.82) is 0 Å². The van der Waals surface area contributed by atoms with Gasteiger partial charge in [-0.15, -0.1) is 11.3 Å². The lowest BCUT2D eigenvalue weighted by Gasteiger charge is -2.06. The first-order valence-corrected chi connectivity index (χ1v) is 10.1. The third-order valence-electron chi connectivity index (χ3n) is 4.43. The second kappa shape index (κ2) is 8.06. The van der Waals surface area contributed by atoms with Crippen molar-refractivity contribution in [3.8, 4) is 11.3 Å². The zero-order chi connectivity index (χ0) is 20.4. The average Bonchev–Trinajstić information content (AvgIpc) is 3.29. The van der Waals surface area contributed by atoms with Crippen LogP contribution in [0.15, 0.2) is 53.9 Å². The molecule has 0 atom stereocenters. The maximum absolute atomic E-state index is 12.2. The highest BCUT2D eigenvalue weighted by molar-refractivity contribution is 7.14. The molecule has 0 unspecified atom stereocenters. The number of fused-ring (bicyclic) bond motifs is 1. The van der Waals surface area contributed by atoms with E-state index >= 15 is 0 Å². The van der Waals surface area contributed by atoms with Gasteiger partial charge >= 0.3 is 0 Å². The standard InChI is InChI=1S/C21H17ClN4O2S/c1-12-19(14-7-3-5-9-16(14)24-12)17-11-29-21(25-17)26-18(27)10-23-20(28)13-6-2-4-8-15(13)22/h2-9,11,24H,10H2,1H3,(H,23,28)(H,25,26,27). The molecule has 0 bridgehead atoms. The zero-order valence-corrected chi connectivity index (χ0v) is 17.0. The van der Waals surface area contributed by atoms with Gasteiger partial charge in [-0.3, -0.25) is 9.59 Å². The minimum Gasteiger partial charge on any atom is -0.358 e. The van der Waals surface area contributed by atoms with Gasteiger partial charge < -0.3 is 15.6 Å². The lowest BCUT2D eigenvalue weighted by atomic mass is 10.1. The molecule has 2 amide bonds. The summed E-state index contributed by atoms with van der Waals surface area (Å²) in [6.07, 6.45) is 0. The van der Waals surface area contributed by atoms with E-state index in [1.54, 1.807) is 24.3 Å². The number of rotatable bonds is 5. The molecule has 4 rings (SSSR count). The molecule has 3 N–H and O–H groups in total. The van der Waals surface area contributed by atoms with Crippen molar-refractivity contribution >= 4 is 50.8 Å². The largest absolute Gasteiger partial charge is 0.358 e. The van der Waals surface area contributed by atoms with E-state index in [-0.39, 0.29) is 12.5 Å². The van der Waals surface area contributed by atoms with E-state index in [1.807, 2.05) is 36.6 Å². The lowest BCUT2D eigenvalue weighted by molar-refractivity contribution is -0.115. The molecule has 0 fully saturated rings. The van der Waals surface area contributed by atoms with E-state index in [0.717, 1.165) is 27.9 Å². The Morgan fingerprint density at radius 3 is 2.72 bits per heavy atom. The van der Waals surface area contributed by atoms with Crippen molar-refractivity contribution in [2.24, 2.45) is 0 Å². The number of hydrogen-bond acceptors (Lipinski definition) is 4. The first-order chi connectivity index (χ1) is 14.0. The number of anilines is 1. The van der Waals surface area contributed by atoms with Crippen LogP contribution in [0, 0.1) is 6.92 Å². The summed E-state index contributed by atoms with van der Waals surface area (Å²) < 4.78 is 0. The minimum absolute atomic E-state index is 0.176. The molecule has 0 saturated carbocycles. The van der Waals surface area contributed by atoms with Crippen molar-refractivity contribution in [3.05, 3.63) is 70.2 Å². The summed E-state index contributed by atoms with van der Waals surface area (Å²) in [6, 6.07) is 14.7. The second-order valence-corrected chi connectivity index (χ2v) is 7.68. The Labute approximate surface area is 175 Å². The maximum atomic E-state index is 12.2. The zero-order valence-electron chi connectivity index (χ0n) is 15.5. The van der Waals surface area contributed by atoms with Gasteiger partial charge in [0.1, 0.15) is 0 Å². The second-order valence-electron chi connectivity index (χ2n) is 6.42. The molecule has 2 aromatic heterocycles. The summed E-state index contributed by atoms with van der Waals surface area (Å²) in [4.78, 5) is 32.2. The third-order valence-corrected chi connectivity index (χ3v) is 5.52. The van der Waals surface area contributed by atoms with Crippen molar-refractivity contribution in [3.63, 3.8) is 0 Å². The fourth-order valence-corrected chi connectivity index (χ4v) is 4.06. The number of nitrogens with one attached hydrogen (secondary N) is 3.